The van der Waals surface area contributed by atoms with Gasteiger partial charge in [-0.15, -0.1) is 0 Å². The van der Waals surface area contributed by atoms with E-state index in [-0.39, 0.29) is 18.0 Å². The maximum atomic E-state index is 13.7. The SMILES string of the molecule is COC(=O)CCCc1cc(F)c(C(=O)OC)cc1N. The Kier molecular flexibility index (Phi) is 5.29. The Morgan fingerprint density at radius 2 is 1.95 bits per heavy atom. The second kappa shape index (κ2) is 6.72. The highest BCUT2D eigenvalue weighted by Gasteiger charge is 2.15. The minimum Gasteiger partial charge on any atom is -0.469 e. The molecule has 0 saturated carbocycles. The number of nitrogens with two attached hydrogens (primary N) is 1. The monoisotopic (exact) mass is 269 g/mol. The molecule has 0 heterocycles. The van der Waals surface area contributed by atoms with E-state index in [1.54, 1.807) is 0 Å². The molecule has 0 aliphatic heterocycles. The van der Waals surface area contributed by atoms with Gasteiger partial charge in [-0.25, -0.2) is 9.18 Å². The summed E-state index contributed by atoms with van der Waals surface area (Å²) in [6.07, 6.45) is 1.16. The summed E-state index contributed by atoms with van der Waals surface area (Å²) in [6, 6.07) is 2.44. The highest BCUT2D eigenvalue weighted by Crippen LogP contribution is 2.20. The van der Waals surface area contributed by atoms with Gasteiger partial charge in [0.15, 0.2) is 0 Å². The van der Waals surface area contributed by atoms with Crippen LogP contribution in [0.25, 0.3) is 0 Å². The number of anilines is 1. The van der Waals surface area contributed by atoms with E-state index in [1.807, 2.05) is 0 Å². The summed E-state index contributed by atoms with van der Waals surface area (Å²) < 4.78 is 22.6. The van der Waals surface area contributed by atoms with Crippen molar-refractivity contribution in [2.24, 2.45) is 0 Å². The maximum Gasteiger partial charge on any atom is 0.340 e. The summed E-state index contributed by atoms with van der Waals surface area (Å²) in [5.74, 6) is -1.79. The molecule has 1 aromatic rings. The number of nitrogen functional groups attached to an aromatic ring is 1. The fourth-order valence-electron chi connectivity index (χ4n) is 1.64. The zero-order valence-corrected chi connectivity index (χ0v) is 10.9. The molecule has 0 radical (unpaired) electrons. The molecule has 0 aliphatic carbocycles. The Hall–Kier alpha value is -2.11. The fraction of sp³-hybridized carbons (Fsp3) is 0.385. The van der Waals surface area contributed by atoms with Crippen molar-refractivity contribution in [2.45, 2.75) is 19.3 Å². The molecular weight excluding hydrogens is 253 g/mol. The van der Waals surface area contributed by atoms with Gasteiger partial charge in [0.25, 0.3) is 0 Å². The molecule has 0 aliphatic rings. The average Bonchev–Trinajstić information content (AvgIpc) is 2.41. The van der Waals surface area contributed by atoms with E-state index in [2.05, 4.69) is 9.47 Å². The van der Waals surface area contributed by atoms with Gasteiger partial charge in [-0.2, -0.15) is 0 Å². The maximum absolute atomic E-state index is 13.7. The van der Waals surface area contributed by atoms with E-state index in [1.165, 1.54) is 26.4 Å². The lowest BCUT2D eigenvalue weighted by Crippen LogP contribution is -2.08. The van der Waals surface area contributed by atoms with Crippen LogP contribution >= 0.6 is 0 Å². The van der Waals surface area contributed by atoms with Crippen molar-refractivity contribution < 1.29 is 23.5 Å². The van der Waals surface area contributed by atoms with Crippen molar-refractivity contribution in [2.75, 3.05) is 20.0 Å². The predicted molar refractivity (Wildman–Crippen MR) is 67.1 cm³/mol. The molecule has 19 heavy (non-hydrogen) atoms. The number of carbonyl (C=O) groups is 2. The van der Waals surface area contributed by atoms with Crippen molar-refractivity contribution in [1.82, 2.24) is 0 Å². The van der Waals surface area contributed by atoms with E-state index < -0.39 is 11.8 Å². The molecule has 2 N–H and O–H groups in total. The van der Waals surface area contributed by atoms with Crippen LogP contribution in [0.2, 0.25) is 0 Å². The number of esters is 2. The van der Waals surface area contributed by atoms with E-state index in [9.17, 15) is 14.0 Å². The Labute approximate surface area is 110 Å². The van der Waals surface area contributed by atoms with Crippen LogP contribution in [0.5, 0.6) is 0 Å². The van der Waals surface area contributed by atoms with Crippen LogP contribution in [-0.2, 0) is 20.7 Å². The molecule has 1 aromatic carbocycles. The summed E-state index contributed by atoms with van der Waals surface area (Å²) in [6.45, 7) is 0. The summed E-state index contributed by atoms with van der Waals surface area (Å²) in [4.78, 5) is 22.2. The standard InChI is InChI=1S/C13H16FNO4/c1-18-12(16)5-3-4-8-6-10(14)9(7-11(8)15)13(17)19-2/h6-7H,3-5,15H2,1-2H3. The average molecular weight is 269 g/mol. The fourth-order valence-corrected chi connectivity index (χ4v) is 1.64. The van der Waals surface area contributed by atoms with Crippen LogP contribution in [0.4, 0.5) is 10.1 Å². The third-order valence-corrected chi connectivity index (χ3v) is 2.69. The number of hydrogen-bond donors (Lipinski definition) is 1. The van der Waals surface area contributed by atoms with Gasteiger partial charge in [0.05, 0.1) is 19.8 Å². The van der Waals surface area contributed by atoms with Crippen LogP contribution in [0, 0.1) is 5.82 Å². The first-order chi connectivity index (χ1) is 8.99. The van der Waals surface area contributed by atoms with E-state index >= 15 is 0 Å². The molecule has 104 valence electrons. The third-order valence-electron chi connectivity index (χ3n) is 2.69. The van der Waals surface area contributed by atoms with Crippen LogP contribution in [0.1, 0.15) is 28.8 Å². The molecule has 1 rings (SSSR count). The lowest BCUT2D eigenvalue weighted by Gasteiger charge is -2.08. The number of aryl methyl sites for hydroxylation is 1. The molecule has 0 spiro atoms. The minimum absolute atomic E-state index is 0.197. The molecule has 0 atom stereocenters. The number of rotatable bonds is 5. The van der Waals surface area contributed by atoms with Gasteiger partial charge in [-0.05, 0) is 30.5 Å². The second-order valence-corrected chi connectivity index (χ2v) is 3.95. The number of halogens is 1. The van der Waals surface area contributed by atoms with Crippen LogP contribution in [-0.4, -0.2) is 26.2 Å². The highest BCUT2D eigenvalue weighted by molar-refractivity contribution is 5.91. The summed E-state index contributed by atoms with van der Waals surface area (Å²) in [7, 11) is 2.48. The molecule has 6 heteroatoms. The summed E-state index contributed by atoms with van der Waals surface area (Å²) >= 11 is 0. The predicted octanol–water partition coefficient (Wildman–Crippen LogP) is 1.69. The molecular formula is C13H16FNO4. The Balaban J connectivity index is 2.78. The molecule has 0 fully saturated rings. The summed E-state index contributed by atoms with van der Waals surface area (Å²) in [5.41, 5.74) is 6.39. The van der Waals surface area contributed by atoms with Gasteiger partial charge in [-0.1, -0.05) is 0 Å². The van der Waals surface area contributed by atoms with Crippen LogP contribution in [0.3, 0.4) is 0 Å². The minimum atomic E-state index is -0.773. The third kappa shape index (κ3) is 3.94. The van der Waals surface area contributed by atoms with Crippen LogP contribution in [0.15, 0.2) is 12.1 Å². The van der Waals surface area contributed by atoms with Crippen molar-refractivity contribution in [3.63, 3.8) is 0 Å². The van der Waals surface area contributed by atoms with Crippen LogP contribution < -0.4 is 5.73 Å². The molecule has 0 saturated heterocycles. The zero-order chi connectivity index (χ0) is 14.4. The van der Waals surface area contributed by atoms with Gasteiger partial charge < -0.3 is 15.2 Å². The van der Waals surface area contributed by atoms with Crippen molar-refractivity contribution >= 4 is 17.6 Å². The normalized spacial score (nSPS) is 10.1. The van der Waals surface area contributed by atoms with E-state index in [4.69, 9.17) is 5.73 Å². The second-order valence-electron chi connectivity index (χ2n) is 3.95. The summed E-state index contributed by atoms with van der Waals surface area (Å²) in [5, 5.41) is 0. The Morgan fingerprint density at radius 3 is 2.53 bits per heavy atom. The Morgan fingerprint density at radius 1 is 1.26 bits per heavy atom. The lowest BCUT2D eigenvalue weighted by molar-refractivity contribution is -0.140. The Bertz CT molecular complexity index is 488. The van der Waals surface area contributed by atoms with Gasteiger partial charge in [-0.3, -0.25) is 4.79 Å². The van der Waals surface area contributed by atoms with Gasteiger partial charge >= 0.3 is 11.9 Å². The molecule has 0 aromatic heterocycles. The molecule has 0 unspecified atom stereocenters. The van der Waals surface area contributed by atoms with Gasteiger partial charge in [0.1, 0.15) is 5.82 Å². The zero-order valence-electron chi connectivity index (χ0n) is 10.9. The van der Waals surface area contributed by atoms with E-state index in [0.717, 1.165) is 0 Å². The quantitative estimate of drug-likeness (QED) is 0.650. The smallest absolute Gasteiger partial charge is 0.340 e. The number of benzene rings is 1. The number of methoxy groups -OCH3 is 2. The molecule has 0 bridgehead atoms. The van der Waals surface area contributed by atoms with E-state index in [0.29, 0.717) is 24.1 Å². The van der Waals surface area contributed by atoms with Crippen molar-refractivity contribution in [3.8, 4) is 0 Å². The van der Waals surface area contributed by atoms with Crippen molar-refractivity contribution in [3.05, 3.63) is 29.1 Å². The first kappa shape index (κ1) is 14.9. The molecule has 5 nitrogen and oxygen atoms in total. The number of ether oxygens (including phenoxy) is 2. The number of carbonyl (C=O) groups excluding carboxylic acids is 2. The largest absolute Gasteiger partial charge is 0.469 e. The lowest BCUT2D eigenvalue weighted by atomic mass is 10.0. The topological polar surface area (TPSA) is 78.6 Å². The van der Waals surface area contributed by atoms with Gasteiger partial charge in [0, 0.05) is 12.1 Å². The molecule has 0 amide bonds. The van der Waals surface area contributed by atoms with Crippen molar-refractivity contribution in [1.29, 1.82) is 0 Å². The number of hydrogen-bond acceptors (Lipinski definition) is 5. The van der Waals surface area contributed by atoms with Gasteiger partial charge in [0.2, 0.25) is 0 Å². The highest BCUT2D eigenvalue weighted by atomic mass is 19.1. The first-order valence-electron chi connectivity index (χ1n) is 5.72. The first-order valence-corrected chi connectivity index (χ1v) is 5.72.